The van der Waals surface area contributed by atoms with Gasteiger partial charge in [0.05, 0.1) is 11.9 Å². The van der Waals surface area contributed by atoms with Crippen molar-refractivity contribution < 1.29 is 4.79 Å². The number of carbonyl (C=O) groups is 1. The summed E-state index contributed by atoms with van der Waals surface area (Å²) < 4.78 is 1.82. The normalized spacial score (nSPS) is 10.9. The van der Waals surface area contributed by atoms with Crippen molar-refractivity contribution in [3.05, 3.63) is 89.2 Å². The lowest BCUT2D eigenvalue weighted by Crippen LogP contribution is -2.07. The van der Waals surface area contributed by atoms with Gasteiger partial charge in [0.2, 0.25) is 5.91 Å². The summed E-state index contributed by atoms with van der Waals surface area (Å²) in [5.74, 6) is -0.197. The molecule has 1 amide bonds. The van der Waals surface area contributed by atoms with Gasteiger partial charge in [0.1, 0.15) is 0 Å². The molecule has 0 aliphatic carbocycles. The molecule has 2 aromatic carbocycles. The molecule has 1 aromatic heterocycles. The van der Waals surface area contributed by atoms with Gasteiger partial charge in [-0.2, -0.15) is 5.10 Å². The molecule has 0 radical (unpaired) electrons. The molecule has 0 fully saturated rings. The number of anilines is 1. The molecule has 3 rings (SSSR count). The second-order valence-corrected chi connectivity index (χ2v) is 6.04. The van der Waals surface area contributed by atoms with Crippen LogP contribution < -0.4 is 5.32 Å². The van der Waals surface area contributed by atoms with Gasteiger partial charge in [0.15, 0.2) is 0 Å². The van der Waals surface area contributed by atoms with Crippen LogP contribution in [0.2, 0.25) is 5.02 Å². The molecule has 4 nitrogen and oxygen atoms in total. The van der Waals surface area contributed by atoms with Gasteiger partial charge in [0.25, 0.3) is 0 Å². The molecule has 0 saturated carbocycles. The lowest BCUT2D eigenvalue weighted by Gasteiger charge is -2.01. The smallest absolute Gasteiger partial charge is 0.248 e. The first-order chi connectivity index (χ1) is 12.2. The van der Waals surface area contributed by atoms with Gasteiger partial charge in [0, 0.05) is 23.8 Å². The van der Waals surface area contributed by atoms with E-state index >= 15 is 0 Å². The van der Waals surface area contributed by atoms with E-state index in [1.54, 1.807) is 24.4 Å². The van der Waals surface area contributed by atoms with Crippen LogP contribution in [0.4, 0.5) is 5.69 Å². The number of nitrogens with one attached hydrogen (secondary N) is 1. The molecule has 0 unspecified atom stereocenters. The number of hydrogen-bond donors (Lipinski definition) is 1. The molecule has 0 spiro atoms. The van der Waals surface area contributed by atoms with Crippen molar-refractivity contribution in [3.63, 3.8) is 0 Å². The molecule has 0 atom stereocenters. The molecule has 3 aromatic rings. The van der Waals surface area contributed by atoms with Gasteiger partial charge in [-0.3, -0.25) is 9.48 Å². The molecule has 1 N–H and O–H groups in total. The summed E-state index contributed by atoms with van der Waals surface area (Å²) in [6, 6.07) is 17.5. The Kier molecular flexibility index (Phi) is 5.65. The number of aromatic nitrogens is 2. The first-order valence-corrected chi connectivity index (χ1v) is 8.38. The van der Waals surface area contributed by atoms with E-state index in [1.165, 1.54) is 11.6 Å². The highest BCUT2D eigenvalue weighted by Crippen LogP contribution is 2.11. The Labute approximate surface area is 151 Å². The monoisotopic (exact) mass is 351 g/mol. The Morgan fingerprint density at radius 1 is 1.12 bits per heavy atom. The highest BCUT2D eigenvalue weighted by molar-refractivity contribution is 6.30. The fraction of sp³-hybridized carbons (Fsp3) is 0.100. The second kappa shape index (κ2) is 8.31. The Morgan fingerprint density at radius 3 is 2.64 bits per heavy atom. The van der Waals surface area contributed by atoms with E-state index in [4.69, 9.17) is 11.6 Å². The van der Waals surface area contributed by atoms with E-state index < -0.39 is 0 Å². The zero-order valence-electron chi connectivity index (χ0n) is 13.6. The Balaban J connectivity index is 1.52. The second-order valence-electron chi connectivity index (χ2n) is 5.60. The van der Waals surface area contributed by atoms with Crippen molar-refractivity contribution >= 4 is 29.3 Å². The van der Waals surface area contributed by atoms with Crippen LogP contribution in [0.15, 0.2) is 73.1 Å². The lowest BCUT2D eigenvalue weighted by atomic mass is 10.1. The number of benzene rings is 2. The topological polar surface area (TPSA) is 46.9 Å². The third kappa shape index (κ3) is 5.33. The van der Waals surface area contributed by atoms with Crippen molar-refractivity contribution in [2.75, 3.05) is 5.32 Å². The van der Waals surface area contributed by atoms with E-state index in [1.807, 2.05) is 41.2 Å². The van der Waals surface area contributed by atoms with Crippen molar-refractivity contribution in [1.82, 2.24) is 9.78 Å². The molecule has 0 aliphatic heterocycles. The minimum absolute atomic E-state index is 0.197. The molecule has 0 aliphatic rings. The molecular formula is C20H18ClN3O. The summed E-state index contributed by atoms with van der Waals surface area (Å²) in [6.07, 6.45) is 7.61. The van der Waals surface area contributed by atoms with Crippen LogP contribution in [0.25, 0.3) is 6.08 Å². The summed E-state index contributed by atoms with van der Waals surface area (Å²) in [5.41, 5.74) is 2.85. The molecule has 0 saturated heterocycles. The molecule has 5 heteroatoms. The molecule has 0 bridgehead atoms. The standard InChI is InChI=1S/C20H18ClN3O/c21-18-9-6-17(7-10-18)8-11-20(25)23-19-14-22-24(15-19)13-12-16-4-2-1-3-5-16/h1-11,14-15H,12-13H2,(H,23,25)/b11-8+. The number of hydrogen-bond acceptors (Lipinski definition) is 2. The van der Waals surface area contributed by atoms with E-state index in [9.17, 15) is 4.79 Å². The maximum Gasteiger partial charge on any atom is 0.248 e. The highest BCUT2D eigenvalue weighted by Gasteiger charge is 2.02. The minimum atomic E-state index is -0.197. The Hall–Kier alpha value is -2.85. The highest BCUT2D eigenvalue weighted by atomic mass is 35.5. The van der Waals surface area contributed by atoms with Crippen molar-refractivity contribution in [2.24, 2.45) is 0 Å². The number of nitrogens with zero attached hydrogens (tertiary/aromatic N) is 2. The van der Waals surface area contributed by atoms with Crippen molar-refractivity contribution in [1.29, 1.82) is 0 Å². The zero-order chi connectivity index (χ0) is 17.5. The lowest BCUT2D eigenvalue weighted by molar-refractivity contribution is -0.111. The molecule has 1 heterocycles. The predicted molar refractivity (Wildman–Crippen MR) is 101 cm³/mol. The van der Waals surface area contributed by atoms with Crippen LogP contribution >= 0.6 is 11.6 Å². The van der Waals surface area contributed by atoms with Crippen LogP contribution in [0.1, 0.15) is 11.1 Å². The third-order valence-electron chi connectivity index (χ3n) is 3.67. The largest absolute Gasteiger partial charge is 0.320 e. The fourth-order valence-corrected chi connectivity index (χ4v) is 2.49. The van der Waals surface area contributed by atoms with E-state index in [0.717, 1.165) is 18.5 Å². The predicted octanol–water partition coefficient (Wildman–Crippen LogP) is 4.43. The van der Waals surface area contributed by atoms with Crippen LogP contribution in [0.3, 0.4) is 0 Å². The Morgan fingerprint density at radius 2 is 1.88 bits per heavy atom. The quantitative estimate of drug-likeness (QED) is 0.668. The van der Waals surface area contributed by atoms with Gasteiger partial charge >= 0.3 is 0 Å². The van der Waals surface area contributed by atoms with E-state index in [0.29, 0.717) is 10.7 Å². The Bertz CT molecular complexity index is 854. The van der Waals surface area contributed by atoms with Gasteiger partial charge in [-0.05, 0) is 35.8 Å². The van der Waals surface area contributed by atoms with Gasteiger partial charge < -0.3 is 5.32 Å². The first-order valence-electron chi connectivity index (χ1n) is 8.00. The average Bonchev–Trinajstić information content (AvgIpc) is 3.08. The summed E-state index contributed by atoms with van der Waals surface area (Å²) in [5, 5.41) is 7.75. The third-order valence-corrected chi connectivity index (χ3v) is 3.92. The fourth-order valence-electron chi connectivity index (χ4n) is 2.37. The number of carbonyl (C=O) groups excluding carboxylic acids is 1. The minimum Gasteiger partial charge on any atom is -0.320 e. The average molecular weight is 352 g/mol. The SMILES string of the molecule is O=C(/C=C/c1ccc(Cl)cc1)Nc1cnn(CCc2ccccc2)c1. The summed E-state index contributed by atoms with van der Waals surface area (Å²) >= 11 is 5.84. The maximum atomic E-state index is 12.0. The van der Waals surface area contributed by atoms with Gasteiger partial charge in [-0.25, -0.2) is 0 Å². The van der Waals surface area contributed by atoms with Gasteiger partial charge in [-0.1, -0.05) is 54.1 Å². The summed E-state index contributed by atoms with van der Waals surface area (Å²) in [6.45, 7) is 0.764. The van der Waals surface area contributed by atoms with Crippen LogP contribution in [0, 0.1) is 0 Å². The van der Waals surface area contributed by atoms with Crippen LogP contribution in [-0.2, 0) is 17.8 Å². The molecule has 25 heavy (non-hydrogen) atoms. The summed E-state index contributed by atoms with van der Waals surface area (Å²) in [7, 11) is 0. The maximum absolute atomic E-state index is 12.0. The molecule has 126 valence electrons. The van der Waals surface area contributed by atoms with Crippen molar-refractivity contribution in [3.8, 4) is 0 Å². The first kappa shape index (κ1) is 17.0. The molecular weight excluding hydrogens is 334 g/mol. The zero-order valence-corrected chi connectivity index (χ0v) is 14.4. The number of aryl methyl sites for hydroxylation is 2. The van der Waals surface area contributed by atoms with Crippen molar-refractivity contribution in [2.45, 2.75) is 13.0 Å². The number of halogens is 1. The van der Waals surface area contributed by atoms with E-state index in [-0.39, 0.29) is 5.91 Å². The van der Waals surface area contributed by atoms with E-state index in [2.05, 4.69) is 22.5 Å². The van der Waals surface area contributed by atoms with Gasteiger partial charge in [-0.15, -0.1) is 0 Å². The summed E-state index contributed by atoms with van der Waals surface area (Å²) in [4.78, 5) is 12.0. The van der Waals surface area contributed by atoms with Crippen LogP contribution in [-0.4, -0.2) is 15.7 Å². The number of rotatable bonds is 6. The van der Waals surface area contributed by atoms with Crippen LogP contribution in [0.5, 0.6) is 0 Å². The number of amides is 1.